The van der Waals surface area contributed by atoms with Gasteiger partial charge in [0.1, 0.15) is 23.3 Å². The first kappa shape index (κ1) is 26.2. The standard InChI is InChI=1S/C29H34N2O7/c1-5-37-27(35)23-22-26(34)31(21(16-32)18-9-7-6-8-10-18)24(29(22)15-17(2)28(23,3)38-29)25(33)30-19-11-13-20(36-4)14-12-19/h6-14,17,21-24,32H,5,15-16H2,1-4H3,(H,30,33)/t17?,21-,22+,23+,24?,28-,29?/m1/s1. The Morgan fingerprint density at radius 1 is 1.18 bits per heavy atom. The Morgan fingerprint density at radius 3 is 2.47 bits per heavy atom. The van der Waals surface area contributed by atoms with E-state index in [9.17, 15) is 19.5 Å². The molecule has 2 aromatic carbocycles. The van der Waals surface area contributed by atoms with E-state index in [4.69, 9.17) is 14.2 Å². The van der Waals surface area contributed by atoms with Crippen LogP contribution in [0.3, 0.4) is 0 Å². The summed E-state index contributed by atoms with van der Waals surface area (Å²) >= 11 is 0. The fourth-order valence-electron chi connectivity index (χ4n) is 6.82. The van der Waals surface area contributed by atoms with Gasteiger partial charge in [0.25, 0.3) is 0 Å². The van der Waals surface area contributed by atoms with E-state index in [1.165, 1.54) is 4.90 Å². The van der Waals surface area contributed by atoms with E-state index in [-0.39, 0.29) is 12.5 Å². The van der Waals surface area contributed by atoms with E-state index in [1.54, 1.807) is 38.3 Å². The smallest absolute Gasteiger partial charge is 0.312 e. The van der Waals surface area contributed by atoms with Crippen molar-refractivity contribution in [2.45, 2.75) is 50.5 Å². The van der Waals surface area contributed by atoms with E-state index in [0.29, 0.717) is 23.4 Å². The predicted molar refractivity (Wildman–Crippen MR) is 138 cm³/mol. The molecule has 3 saturated heterocycles. The lowest BCUT2D eigenvalue weighted by Gasteiger charge is -2.37. The van der Waals surface area contributed by atoms with E-state index in [2.05, 4.69) is 5.32 Å². The minimum atomic E-state index is -1.25. The van der Waals surface area contributed by atoms with Crippen LogP contribution in [0.2, 0.25) is 0 Å². The first-order chi connectivity index (χ1) is 18.2. The second kappa shape index (κ2) is 9.71. The number of aliphatic hydroxyl groups is 1. The van der Waals surface area contributed by atoms with Crippen LogP contribution in [-0.4, -0.2) is 65.4 Å². The number of ether oxygens (including phenoxy) is 3. The molecule has 9 heteroatoms. The summed E-state index contributed by atoms with van der Waals surface area (Å²) in [5, 5.41) is 13.5. The van der Waals surface area contributed by atoms with Crippen molar-refractivity contribution in [2.24, 2.45) is 17.8 Å². The van der Waals surface area contributed by atoms with Crippen LogP contribution in [-0.2, 0) is 23.9 Å². The number of amides is 2. The highest BCUT2D eigenvalue weighted by Crippen LogP contribution is 2.66. The Bertz CT molecular complexity index is 1220. The summed E-state index contributed by atoms with van der Waals surface area (Å²) in [5.41, 5.74) is -0.999. The van der Waals surface area contributed by atoms with Gasteiger partial charge < -0.3 is 29.5 Å². The number of esters is 1. The number of methoxy groups -OCH3 is 1. The number of rotatable bonds is 8. The summed E-state index contributed by atoms with van der Waals surface area (Å²) < 4.78 is 17.3. The Morgan fingerprint density at radius 2 is 1.87 bits per heavy atom. The van der Waals surface area contributed by atoms with Crippen LogP contribution in [0, 0.1) is 17.8 Å². The van der Waals surface area contributed by atoms with Crippen LogP contribution < -0.4 is 10.1 Å². The van der Waals surface area contributed by atoms with Gasteiger partial charge in [-0.25, -0.2) is 0 Å². The number of hydrogen-bond donors (Lipinski definition) is 2. The molecule has 3 unspecified atom stereocenters. The highest BCUT2D eigenvalue weighted by Gasteiger charge is 2.80. The van der Waals surface area contributed by atoms with Crippen molar-refractivity contribution in [1.29, 1.82) is 0 Å². The highest BCUT2D eigenvalue weighted by molar-refractivity contribution is 6.03. The lowest BCUT2D eigenvalue weighted by Crippen LogP contribution is -2.54. The summed E-state index contributed by atoms with van der Waals surface area (Å²) in [4.78, 5) is 43.1. The van der Waals surface area contributed by atoms with Gasteiger partial charge in [-0.2, -0.15) is 0 Å². The molecule has 3 aliphatic heterocycles. The van der Waals surface area contributed by atoms with E-state index in [1.807, 2.05) is 44.2 Å². The van der Waals surface area contributed by atoms with Crippen molar-refractivity contribution in [3.8, 4) is 5.75 Å². The number of likely N-dealkylation sites (tertiary alicyclic amines) is 1. The first-order valence-corrected chi connectivity index (χ1v) is 13.0. The third-order valence-electron chi connectivity index (χ3n) is 8.59. The Kier molecular flexibility index (Phi) is 6.69. The molecule has 9 nitrogen and oxygen atoms in total. The van der Waals surface area contributed by atoms with Gasteiger partial charge in [0.05, 0.1) is 37.9 Å². The van der Waals surface area contributed by atoms with Gasteiger partial charge in [0.2, 0.25) is 11.8 Å². The number of fused-ring (bicyclic) bond motifs is 1. The highest BCUT2D eigenvalue weighted by atomic mass is 16.6. The summed E-state index contributed by atoms with van der Waals surface area (Å²) in [7, 11) is 1.56. The number of nitrogens with zero attached hydrogens (tertiary/aromatic N) is 1. The van der Waals surface area contributed by atoms with Crippen molar-refractivity contribution < 1.29 is 33.7 Å². The number of nitrogens with one attached hydrogen (secondary N) is 1. The SMILES string of the molecule is CCOC(=O)[C@@H]1[C@H]2C(=O)N([C@H](CO)c3ccccc3)C(C(=O)Nc3ccc(OC)cc3)C23CC(C)[C@@]1(C)O3. The third-order valence-corrected chi connectivity index (χ3v) is 8.59. The van der Waals surface area contributed by atoms with Crippen LogP contribution in [0.5, 0.6) is 5.75 Å². The molecule has 2 bridgehead atoms. The number of aliphatic hydroxyl groups excluding tert-OH is 1. The third kappa shape index (κ3) is 3.79. The van der Waals surface area contributed by atoms with Crippen molar-refractivity contribution in [2.75, 3.05) is 25.6 Å². The molecule has 3 fully saturated rings. The molecule has 202 valence electrons. The fourth-order valence-corrected chi connectivity index (χ4v) is 6.82. The molecule has 1 spiro atoms. The topological polar surface area (TPSA) is 114 Å². The van der Waals surface area contributed by atoms with Crippen LogP contribution in [0.1, 0.15) is 38.8 Å². The second-order valence-electron chi connectivity index (χ2n) is 10.5. The monoisotopic (exact) mass is 522 g/mol. The molecule has 2 aromatic rings. The van der Waals surface area contributed by atoms with Crippen molar-refractivity contribution >= 4 is 23.5 Å². The van der Waals surface area contributed by atoms with Gasteiger partial charge in [0.15, 0.2) is 0 Å². The minimum Gasteiger partial charge on any atom is -0.497 e. The van der Waals surface area contributed by atoms with Crippen LogP contribution >= 0.6 is 0 Å². The molecular weight excluding hydrogens is 488 g/mol. The number of carbonyl (C=O) groups is 3. The van der Waals surface area contributed by atoms with Gasteiger partial charge in [-0.3, -0.25) is 14.4 Å². The normalized spacial score (nSPS) is 32.1. The van der Waals surface area contributed by atoms with Gasteiger partial charge >= 0.3 is 5.97 Å². The van der Waals surface area contributed by atoms with E-state index >= 15 is 0 Å². The molecule has 3 aliphatic rings. The van der Waals surface area contributed by atoms with Gasteiger partial charge in [-0.1, -0.05) is 37.3 Å². The van der Waals surface area contributed by atoms with E-state index < -0.39 is 59.5 Å². The Labute approximate surface area is 222 Å². The second-order valence-corrected chi connectivity index (χ2v) is 10.5. The zero-order chi connectivity index (χ0) is 27.2. The zero-order valence-corrected chi connectivity index (χ0v) is 22.0. The van der Waals surface area contributed by atoms with Gasteiger partial charge in [-0.15, -0.1) is 0 Å². The van der Waals surface area contributed by atoms with Crippen LogP contribution in [0.4, 0.5) is 5.69 Å². The summed E-state index contributed by atoms with van der Waals surface area (Å²) in [5.74, 6) is -2.58. The first-order valence-electron chi connectivity index (χ1n) is 13.0. The van der Waals surface area contributed by atoms with Gasteiger partial charge in [-0.05, 0) is 56.0 Å². The average molecular weight is 523 g/mol. The van der Waals surface area contributed by atoms with Crippen LogP contribution in [0.25, 0.3) is 0 Å². The molecular formula is C29H34N2O7. The lowest BCUT2D eigenvalue weighted by molar-refractivity contribution is -0.162. The molecule has 2 amide bonds. The summed E-state index contributed by atoms with van der Waals surface area (Å²) in [6, 6.07) is 14.1. The van der Waals surface area contributed by atoms with Gasteiger partial charge in [0, 0.05) is 5.69 Å². The molecule has 0 saturated carbocycles. The number of benzene rings is 2. The molecule has 0 aromatic heterocycles. The van der Waals surface area contributed by atoms with Crippen molar-refractivity contribution in [3.05, 3.63) is 60.2 Å². The minimum absolute atomic E-state index is 0.110. The van der Waals surface area contributed by atoms with Crippen molar-refractivity contribution in [1.82, 2.24) is 4.90 Å². The number of carbonyl (C=O) groups excluding carboxylic acids is 3. The lowest BCUT2D eigenvalue weighted by atomic mass is 9.62. The molecule has 5 rings (SSSR count). The largest absolute Gasteiger partial charge is 0.497 e. The van der Waals surface area contributed by atoms with Crippen LogP contribution in [0.15, 0.2) is 54.6 Å². The predicted octanol–water partition coefficient (Wildman–Crippen LogP) is 2.94. The molecule has 3 heterocycles. The maximum Gasteiger partial charge on any atom is 0.312 e. The number of anilines is 1. The Balaban J connectivity index is 1.61. The average Bonchev–Trinajstić information content (AvgIpc) is 3.42. The molecule has 0 aliphatic carbocycles. The molecule has 38 heavy (non-hydrogen) atoms. The molecule has 2 N–H and O–H groups in total. The maximum atomic E-state index is 14.3. The summed E-state index contributed by atoms with van der Waals surface area (Å²) in [6.07, 6.45) is 0.417. The molecule has 7 atom stereocenters. The van der Waals surface area contributed by atoms with Crippen molar-refractivity contribution in [3.63, 3.8) is 0 Å². The van der Waals surface area contributed by atoms with E-state index in [0.717, 1.165) is 0 Å². The fraction of sp³-hybridized carbons (Fsp3) is 0.483. The maximum absolute atomic E-state index is 14.3. The molecule has 0 radical (unpaired) electrons. The number of hydrogen-bond acceptors (Lipinski definition) is 7. The zero-order valence-electron chi connectivity index (χ0n) is 22.0. The summed E-state index contributed by atoms with van der Waals surface area (Å²) in [6.45, 7) is 5.30. The Hall–Kier alpha value is -3.43. The quantitative estimate of drug-likeness (QED) is 0.513.